The number of Topliss-reactive ketones (excluding diaryl/α,β-unsaturated/α-hetero) is 1. The van der Waals surface area contributed by atoms with Gasteiger partial charge in [-0.15, -0.1) is 0 Å². The van der Waals surface area contributed by atoms with E-state index in [1.807, 2.05) is 6.92 Å². The standard InChI is InChI=1S/C14H26O4/c1-4-6-7-8-9-11-18-13(16)14(3,17)12(15)10-5-2/h17H,4-11H2,1-3H3. The van der Waals surface area contributed by atoms with E-state index < -0.39 is 17.4 Å². The fourth-order valence-electron chi connectivity index (χ4n) is 1.60. The van der Waals surface area contributed by atoms with Gasteiger partial charge in [-0.2, -0.15) is 0 Å². The number of unbranched alkanes of at least 4 members (excludes halogenated alkanes) is 4. The first-order valence-corrected chi connectivity index (χ1v) is 6.89. The Hall–Kier alpha value is -0.900. The van der Waals surface area contributed by atoms with Crippen LogP contribution in [-0.4, -0.2) is 29.1 Å². The van der Waals surface area contributed by atoms with E-state index in [-0.39, 0.29) is 13.0 Å². The van der Waals surface area contributed by atoms with E-state index in [2.05, 4.69) is 6.92 Å². The van der Waals surface area contributed by atoms with Gasteiger partial charge in [0.25, 0.3) is 0 Å². The Morgan fingerprint density at radius 2 is 1.67 bits per heavy atom. The minimum absolute atomic E-state index is 0.193. The molecule has 0 aliphatic carbocycles. The summed E-state index contributed by atoms with van der Waals surface area (Å²) in [5, 5.41) is 9.80. The van der Waals surface area contributed by atoms with Gasteiger partial charge in [-0.25, -0.2) is 4.79 Å². The van der Waals surface area contributed by atoms with Crippen LogP contribution in [0.4, 0.5) is 0 Å². The summed E-state index contributed by atoms with van der Waals surface area (Å²) in [4.78, 5) is 23.1. The Kier molecular flexibility index (Phi) is 8.63. The van der Waals surface area contributed by atoms with Crippen molar-refractivity contribution in [3.63, 3.8) is 0 Å². The van der Waals surface area contributed by atoms with Gasteiger partial charge in [-0.3, -0.25) is 4.79 Å². The lowest BCUT2D eigenvalue weighted by atomic mass is 9.98. The van der Waals surface area contributed by atoms with Crippen molar-refractivity contribution >= 4 is 11.8 Å². The molecule has 0 bridgehead atoms. The van der Waals surface area contributed by atoms with E-state index in [0.29, 0.717) is 6.42 Å². The third kappa shape index (κ3) is 6.15. The van der Waals surface area contributed by atoms with Gasteiger partial charge in [0.2, 0.25) is 5.60 Å². The van der Waals surface area contributed by atoms with Crippen LogP contribution in [0.2, 0.25) is 0 Å². The van der Waals surface area contributed by atoms with E-state index >= 15 is 0 Å². The first-order valence-electron chi connectivity index (χ1n) is 6.89. The summed E-state index contributed by atoms with van der Waals surface area (Å²) < 4.78 is 4.94. The largest absolute Gasteiger partial charge is 0.463 e. The molecule has 18 heavy (non-hydrogen) atoms. The predicted octanol–water partition coefficient (Wildman–Crippen LogP) is 2.62. The number of rotatable bonds is 10. The van der Waals surface area contributed by atoms with Crippen LogP contribution in [0.15, 0.2) is 0 Å². The second-order valence-electron chi connectivity index (χ2n) is 4.80. The van der Waals surface area contributed by atoms with Crippen molar-refractivity contribution in [1.82, 2.24) is 0 Å². The maximum Gasteiger partial charge on any atom is 0.345 e. The number of esters is 1. The van der Waals surface area contributed by atoms with Crippen molar-refractivity contribution in [2.75, 3.05) is 6.61 Å². The molecule has 0 fully saturated rings. The fourth-order valence-corrected chi connectivity index (χ4v) is 1.60. The zero-order valence-corrected chi connectivity index (χ0v) is 11.8. The van der Waals surface area contributed by atoms with Gasteiger partial charge in [-0.05, 0) is 19.8 Å². The fraction of sp³-hybridized carbons (Fsp3) is 0.857. The first-order chi connectivity index (χ1) is 8.46. The molecular weight excluding hydrogens is 232 g/mol. The number of carbonyl (C=O) groups is 2. The molecule has 4 heteroatoms. The lowest BCUT2D eigenvalue weighted by molar-refractivity contribution is -0.168. The molecule has 1 N–H and O–H groups in total. The normalized spacial score (nSPS) is 14.0. The highest BCUT2D eigenvalue weighted by atomic mass is 16.5. The molecule has 4 nitrogen and oxygen atoms in total. The maximum absolute atomic E-state index is 11.6. The molecule has 0 aromatic carbocycles. The summed E-state index contributed by atoms with van der Waals surface area (Å²) in [6.07, 6.45) is 6.06. The van der Waals surface area contributed by atoms with E-state index in [1.54, 1.807) is 0 Å². The highest BCUT2D eigenvalue weighted by Gasteiger charge is 2.39. The minimum Gasteiger partial charge on any atom is -0.463 e. The quantitative estimate of drug-likeness (QED) is 0.372. The second kappa shape index (κ2) is 9.09. The topological polar surface area (TPSA) is 63.6 Å². The average molecular weight is 258 g/mol. The van der Waals surface area contributed by atoms with Gasteiger partial charge in [0.1, 0.15) is 0 Å². The van der Waals surface area contributed by atoms with Crippen molar-refractivity contribution < 1.29 is 19.4 Å². The molecule has 0 aromatic heterocycles. The Bertz CT molecular complexity index is 259. The van der Waals surface area contributed by atoms with E-state index in [0.717, 1.165) is 19.3 Å². The van der Waals surface area contributed by atoms with Crippen molar-refractivity contribution in [1.29, 1.82) is 0 Å². The van der Waals surface area contributed by atoms with E-state index in [1.165, 1.54) is 19.8 Å². The molecule has 0 aromatic rings. The summed E-state index contributed by atoms with van der Waals surface area (Å²) in [6.45, 7) is 5.45. The second-order valence-corrected chi connectivity index (χ2v) is 4.80. The zero-order chi connectivity index (χ0) is 14.0. The molecule has 0 heterocycles. The van der Waals surface area contributed by atoms with Crippen LogP contribution < -0.4 is 0 Å². The lowest BCUT2D eigenvalue weighted by Gasteiger charge is -2.19. The number of hydrogen-bond acceptors (Lipinski definition) is 4. The molecule has 0 saturated carbocycles. The van der Waals surface area contributed by atoms with Crippen LogP contribution in [0.3, 0.4) is 0 Å². The Morgan fingerprint density at radius 1 is 1.06 bits per heavy atom. The van der Waals surface area contributed by atoms with Gasteiger partial charge in [0.05, 0.1) is 6.61 Å². The van der Waals surface area contributed by atoms with Crippen molar-refractivity contribution in [3.05, 3.63) is 0 Å². The molecule has 106 valence electrons. The molecule has 0 rings (SSSR count). The highest BCUT2D eigenvalue weighted by Crippen LogP contribution is 2.12. The Morgan fingerprint density at radius 3 is 2.22 bits per heavy atom. The van der Waals surface area contributed by atoms with Gasteiger partial charge < -0.3 is 9.84 Å². The number of aliphatic hydroxyl groups is 1. The van der Waals surface area contributed by atoms with Gasteiger partial charge in [0.15, 0.2) is 5.78 Å². The van der Waals surface area contributed by atoms with Crippen LogP contribution >= 0.6 is 0 Å². The number of hydrogen-bond donors (Lipinski definition) is 1. The summed E-state index contributed by atoms with van der Waals surface area (Å²) in [6, 6.07) is 0. The Labute approximate surface area is 110 Å². The van der Waals surface area contributed by atoms with Crippen LogP contribution in [0.25, 0.3) is 0 Å². The van der Waals surface area contributed by atoms with Gasteiger partial charge in [0, 0.05) is 6.42 Å². The summed E-state index contributed by atoms with van der Waals surface area (Å²) in [5.41, 5.74) is -1.99. The predicted molar refractivity (Wildman–Crippen MR) is 70.3 cm³/mol. The summed E-state index contributed by atoms with van der Waals surface area (Å²) >= 11 is 0. The summed E-state index contributed by atoms with van der Waals surface area (Å²) in [7, 11) is 0. The average Bonchev–Trinajstić information content (AvgIpc) is 2.33. The van der Waals surface area contributed by atoms with Crippen molar-refractivity contribution in [2.24, 2.45) is 0 Å². The molecule has 1 unspecified atom stereocenters. The molecule has 0 aliphatic heterocycles. The first kappa shape index (κ1) is 17.1. The van der Waals surface area contributed by atoms with Crippen molar-refractivity contribution in [3.8, 4) is 0 Å². The third-order valence-electron chi connectivity index (χ3n) is 2.90. The molecule has 0 aliphatic rings. The molecule has 0 saturated heterocycles. The number of ether oxygens (including phenoxy) is 1. The molecule has 0 spiro atoms. The lowest BCUT2D eigenvalue weighted by Crippen LogP contribution is -2.44. The maximum atomic E-state index is 11.6. The van der Waals surface area contributed by atoms with Crippen LogP contribution in [0, 0.1) is 0 Å². The third-order valence-corrected chi connectivity index (χ3v) is 2.90. The van der Waals surface area contributed by atoms with Crippen LogP contribution in [-0.2, 0) is 14.3 Å². The molecule has 0 radical (unpaired) electrons. The summed E-state index contributed by atoms with van der Waals surface area (Å²) in [5.74, 6) is -1.29. The van der Waals surface area contributed by atoms with E-state index in [9.17, 15) is 14.7 Å². The number of carbonyl (C=O) groups excluding carboxylic acids is 2. The Balaban J connectivity index is 3.89. The molecule has 0 amide bonds. The minimum atomic E-state index is -1.99. The molecular formula is C14H26O4. The SMILES string of the molecule is CCCCCCCOC(=O)C(C)(O)C(=O)CCC. The van der Waals surface area contributed by atoms with Crippen LogP contribution in [0.5, 0.6) is 0 Å². The smallest absolute Gasteiger partial charge is 0.345 e. The molecule has 1 atom stereocenters. The van der Waals surface area contributed by atoms with Crippen molar-refractivity contribution in [2.45, 2.75) is 71.3 Å². The zero-order valence-electron chi connectivity index (χ0n) is 11.8. The van der Waals surface area contributed by atoms with E-state index in [4.69, 9.17) is 4.74 Å². The highest BCUT2D eigenvalue weighted by molar-refractivity contribution is 6.06. The van der Waals surface area contributed by atoms with Gasteiger partial charge in [-0.1, -0.05) is 39.5 Å². The van der Waals surface area contributed by atoms with Crippen LogP contribution in [0.1, 0.15) is 65.7 Å². The number of ketones is 1. The monoisotopic (exact) mass is 258 g/mol. The van der Waals surface area contributed by atoms with Gasteiger partial charge >= 0.3 is 5.97 Å².